The molecular weight excluding hydrogens is 322 g/mol. The maximum absolute atomic E-state index is 6.06. The number of hydrogen-bond donors (Lipinski definition) is 1. The van der Waals surface area contributed by atoms with E-state index in [2.05, 4.69) is 68.5 Å². The van der Waals surface area contributed by atoms with Crippen molar-refractivity contribution in [3.8, 4) is 0 Å². The SMILES string of the molecule is Cc1ccc(N2C(N)=NCC2c2sccc2Br)cc1. The molecule has 98 valence electrons. The van der Waals surface area contributed by atoms with Gasteiger partial charge < -0.3 is 10.6 Å². The Morgan fingerprint density at radius 2 is 2.05 bits per heavy atom. The molecule has 19 heavy (non-hydrogen) atoms. The number of halogens is 1. The molecule has 1 aliphatic heterocycles. The first-order valence-electron chi connectivity index (χ1n) is 6.05. The van der Waals surface area contributed by atoms with E-state index in [4.69, 9.17) is 5.73 Å². The smallest absolute Gasteiger partial charge is 0.196 e. The Morgan fingerprint density at radius 3 is 2.68 bits per heavy atom. The maximum Gasteiger partial charge on any atom is 0.196 e. The number of aliphatic imine (C=N–C) groups is 1. The molecule has 2 heterocycles. The second kappa shape index (κ2) is 4.98. The third-order valence-corrected chi connectivity index (χ3v) is 5.22. The van der Waals surface area contributed by atoms with Crippen LogP contribution in [0.5, 0.6) is 0 Å². The first-order valence-corrected chi connectivity index (χ1v) is 7.73. The Labute approximate surface area is 124 Å². The molecule has 0 amide bonds. The summed E-state index contributed by atoms with van der Waals surface area (Å²) in [4.78, 5) is 7.78. The van der Waals surface area contributed by atoms with E-state index in [0.29, 0.717) is 12.5 Å². The van der Waals surface area contributed by atoms with Crippen LogP contribution in [-0.2, 0) is 0 Å². The van der Waals surface area contributed by atoms with Crippen LogP contribution in [0.1, 0.15) is 16.5 Å². The second-order valence-electron chi connectivity index (χ2n) is 4.55. The summed E-state index contributed by atoms with van der Waals surface area (Å²) in [5.41, 5.74) is 8.40. The molecule has 1 aliphatic rings. The van der Waals surface area contributed by atoms with Gasteiger partial charge >= 0.3 is 0 Å². The monoisotopic (exact) mass is 335 g/mol. The molecule has 0 aliphatic carbocycles. The van der Waals surface area contributed by atoms with E-state index in [9.17, 15) is 0 Å². The average molecular weight is 336 g/mol. The fourth-order valence-electron chi connectivity index (χ4n) is 2.26. The van der Waals surface area contributed by atoms with E-state index >= 15 is 0 Å². The topological polar surface area (TPSA) is 41.6 Å². The fourth-order valence-corrected chi connectivity index (χ4v) is 3.98. The van der Waals surface area contributed by atoms with Crippen molar-refractivity contribution >= 4 is 38.9 Å². The number of aryl methyl sites for hydroxylation is 1. The second-order valence-corrected chi connectivity index (χ2v) is 6.36. The van der Waals surface area contributed by atoms with E-state index in [-0.39, 0.29) is 6.04 Å². The van der Waals surface area contributed by atoms with Gasteiger partial charge in [-0.15, -0.1) is 11.3 Å². The Hall–Kier alpha value is -1.33. The van der Waals surface area contributed by atoms with Crippen molar-refractivity contribution in [2.24, 2.45) is 10.7 Å². The third-order valence-electron chi connectivity index (χ3n) is 3.24. The van der Waals surface area contributed by atoms with Crippen LogP contribution in [-0.4, -0.2) is 12.5 Å². The van der Waals surface area contributed by atoms with E-state index in [1.165, 1.54) is 10.4 Å². The molecule has 2 aromatic rings. The molecule has 0 bridgehead atoms. The molecule has 3 rings (SSSR count). The highest BCUT2D eigenvalue weighted by Crippen LogP contribution is 2.37. The summed E-state index contributed by atoms with van der Waals surface area (Å²) < 4.78 is 1.13. The van der Waals surface area contributed by atoms with Crippen LogP contribution in [0.2, 0.25) is 0 Å². The summed E-state index contributed by atoms with van der Waals surface area (Å²) >= 11 is 5.33. The van der Waals surface area contributed by atoms with Gasteiger partial charge in [0.15, 0.2) is 5.96 Å². The highest BCUT2D eigenvalue weighted by Gasteiger charge is 2.30. The van der Waals surface area contributed by atoms with Crippen molar-refractivity contribution in [3.63, 3.8) is 0 Å². The maximum atomic E-state index is 6.06. The van der Waals surface area contributed by atoms with Crippen molar-refractivity contribution < 1.29 is 0 Å². The van der Waals surface area contributed by atoms with Crippen LogP contribution in [0.3, 0.4) is 0 Å². The Bertz CT molecular complexity index is 618. The van der Waals surface area contributed by atoms with Gasteiger partial charge in [0.1, 0.15) is 0 Å². The molecule has 0 saturated heterocycles. The molecule has 2 N–H and O–H groups in total. The van der Waals surface area contributed by atoms with Gasteiger partial charge in [-0.05, 0) is 46.4 Å². The van der Waals surface area contributed by atoms with Crippen LogP contribution in [0.15, 0.2) is 45.2 Å². The summed E-state index contributed by atoms with van der Waals surface area (Å²) in [6, 6.07) is 10.6. The quantitative estimate of drug-likeness (QED) is 0.909. The third kappa shape index (κ3) is 2.28. The molecule has 0 spiro atoms. The van der Waals surface area contributed by atoms with E-state index in [1.54, 1.807) is 11.3 Å². The van der Waals surface area contributed by atoms with Gasteiger partial charge in [-0.25, -0.2) is 0 Å². The summed E-state index contributed by atoms with van der Waals surface area (Å²) in [5, 5.41) is 2.08. The minimum Gasteiger partial charge on any atom is -0.369 e. The zero-order valence-corrected chi connectivity index (χ0v) is 12.9. The number of nitrogens with zero attached hydrogens (tertiary/aromatic N) is 2. The Balaban J connectivity index is 1.99. The lowest BCUT2D eigenvalue weighted by atomic mass is 10.1. The van der Waals surface area contributed by atoms with E-state index in [1.807, 2.05) is 0 Å². The predicted molar refractivity (Wildman–Crippen MR) is 84.9 cm³/mol. The van der Waals surface area contributed by atoms with E-state index < -0.39 is 0 Å². The lowest BCUT2D eigenvalue weighted by Gasteiger charge is -2.26. The van der Waals surface area contributed by atoms with Crippen LogP contribution < -0.4 is 10.6 Å². The van der Waals surface area contributed by atoms with Crippen LogP contribution in [0, 0.1) is 6.92 Å². The zero-order chi connectivity index (χ0) is 13.4. The predicted octanol–water partition coefficient (Wildman–Crippen LogP) is 3.70. The number of nitrogens with two attached hydrogens (primary N) is 1. The Kier molecular flexibility index (Phi) is 3.33. The molecule has 1 unspecified atom stereocenters. The molecular formula is C14H14BrN3S. The Morgan fingerprint density at radius 1 is 1.32 bits per heavy atom. The highest BCUT2D eigenvalue weighted by molar-refractivity contribution is 9.10. The van der Waals surface area contributed by atoms with Gasteiger partial charge in [-0.3, -0.25) is 4.99 Å². The van der Waals surface area contributed by atoms with Crippen molar-refractivity contribution in [1.29, 1.82) is 0 Å². The van der Waals surface area contributed by atoms with Crippen molar-refractivity contribution in [2.75, 3.05) is 11.4 Å². The van der Waals surface area contributed by atoms with Gasteiger partial charge in [0.25, 0.3) is 0 Å². The van der Waals surface area contributed by atoms with Gasteiger partial charge in [-0.2, -0.15) is 0 Å². The van der Waals surface area contributed by atoms with Crippen LogP contribution in [0.4, 0.5) is 5.69 Å². The van der Waals surface area contributed by atoms with Crippen molar-refractivity contribution in [1.82, 2.24) is 0 Å². The average Bonchev–Trinajstić information content (AvgIpc) is 2.97. The van der Waals surface area contributed by atoms with Gasteiger partial charge in [-0.1, -0.05) is 17.7 Å². The zero-order valence-electron chi connectivity index (χ0n) is 10.5. The number of anilines is 1. The minimum atomic E-state index is 0.192. The molecule has 1 aromatic carbocycles. The summed E-state index contributed by atoms with van der Waals surface area (Å²) in [6.07, 6.45) is 0. The molecule has 1 aromatic heterocycles. The van der Waals surface area contributed by atoms with E-state index in [0.717, 1.165) is 10.2 Å². The lowest BCUT2D eigenvalue weighted by Crippen LogP contribution is -2.35. The number of hydrogen-bond acceptors (Lipinski definition) is 4. The number of guanidine groups is 1. The van der Waals surface area contributed by atoms with Gasteiger partial charge in [0, 0.05) is 15.0 Å². The first kappa shape index (κ1) is 12.7. The summed E-state index contributed by atoms with van der Waals surface area (Å²) in [6.45, 7) is 2.79. The van der Waals surface area contributed by atoms with Crippen LogP contribution in [0.25, 0.3) is 0 Å². The molecule has 5 heteroatoms. The normalized spacial score (nSPS) is 18.7. The van der Waals surface area contributed by atoms with Crippen LogP contribution >= 0.6 is 27.3 Å². The fraction of sp³-hybridized carbons (Fsp3) is 0.214. The molecule has 0 radical (unpaired) electrons. The number of thiophene rings is 1. The molecule has 3 nitrogen and oxygen atoms in total. The summed E-state index contributed by atoms with van der Waals surface area (Å²) in [5.74, 6) is 0.592. The lowest BCUT2D eigenvalue weighted by molar-refractivity contribution is 0.781. The molecule has 1 atom stereocenters. The van der Waals surface area contributed by atoms with Crippen molar-refractivity contribution in [2.45, 2.75) is 13.0 Å². The standard InChI is InChI=1S/C14H14BrN3S/c1-9-2-4-10(5-3-9)18-12(8-17-14(18)16)13-11(15)6-7-19-13/h2-7,12H,8H2,1H3,(H2,16,17). The van der Waals surface area contributed by atoms with Gasteiger partial charge in [0.05, 0.1) is 12.6 Å². The minimum absolute atomic E-state index is 0.192. The number of rotatable bonds is 2. The number of benzene rings is 1. The van der Waals surface area contributed by atoms with Crippen molar-refractivity contribution in [3.05, 3.63) is 50.6 Å². The molecule has 0 saturated carbocycles. The molecule has 0 fully saturated rings. The first-order chi connectivity index (χ1) is 9.16. The van der Waals surface area contributed by atoms with Gasteiger partial charge in [0.2, 0.25) is 0 Å². The highest BCUT2D eigenvalue weighted by atomic mass is 79.9. The summed E-state index contributed by atoms with van der Waals surface area (Å²) in [7, 11) is 0. The largest absolute Gasteiger partial charge is 0.369 e.